The Balaban J connectivity index is 2.55. The molecule has 0 N–H and O–H groups in total. The Labute approximate surface area is 82.2 Å². The second-order valence-corrected chi connectivity index (χ2v) is 3.40. The van der Waals surface area contributed by atoms with Crippen molar-refractivity contribution >= 4 is 0 Å². The van der Waals surface area contributed by atoms with Crippen molar-refractivity contribution in [2.24, 2.45) is 7.05 Å². The maximum Gasteiger partial charge on any atom is 0.332 e. The number of aromatic nitrogens is 2. The zero-order chi connectivity index (χ0) is 10.1. The van der Waals surface area contributed by atoms with Crippen LogP contribution in [0.2, 0.25) is 0 Å². The first-order valence-electron chi connectivity index (χ1n) is 4.49. The van der Waals surface area contributed by atoms with Gasteiger partial charge in [-0.15, -0.1) is 0 Å². The van der Waals surface area contributed by atoms with Crippen LogP contribution in [-0.2, 0) is 7.05 Å². The van der Waals surface area contributed by atoms with Gasteiger partial charge < -0.3 is 4.57 Å². The van der Waals surface area contributed by atoms with Crippen LogP contribution in [0.1, 0.15) is 5.56 Å². The van der Waals surface area contributed by atoms with Crippen LogP contribution in [0.4, 0.5) is 0 Å². The lowest BCUT2D eigenvalue weighted by atomic mass is 10.2. The molecule has 0 atom stereocenters. The Kier molecular flexibility index (Phi) is 2.00. The normalized spacial score (nSPS) is 10.4. The molecule has 1 aromatic carbocycles. The number of aryl methyl sites for hydroxylation is 2. The van der Waals surface area contributed by atoms with Crippen molar-refractivity contribution in [2.75, 3.05) is 0 Å². The number of benzene rings is 1. The number of imidazole rings is 1. The lowest BCUT2D eigenvalue weighted by molar-refractivity contribution is 0.824. The van der Waals surface area contributed by atoms with E-state index in [-0.39, 0.29) is 5.69 Å². The van der Waals surface area contributed by atoms with Crippen LogP contribution in [0.3, 0.4) is 0 Å². The molecule has 2 rings (SSSR count). The van der Waals surface area contributed by atoms with Gasteiger partial charge in [0.25, 0.3) is 0 Å². The van der Waals surface area contributed by atoms with Crippen molar-refractivity contribution in [3.63, 3.8) is 0 Å². The molecule has 1 heterocycles. The van der Waals surface area contributed by atoms with Crippen molar-refractivity contribution in [1.29, 1.82) is 0 Å². The van der Waals surface area contributed by atoms with Gasteiger partial charge >= 0.3 is 5.69 Å². The molecule has 0 radical (unpaired) electrons. The fourth-order valence-electron chi connectivity index (χ4n) is 1.37. The molecule has 0 aliphatic carbocycles. The summed E-state index contributed by atoms with van der Waals surface area (Å²) < 4.78 is 3.18. The minimum Gasteiger partial charge on any atom is -0.302 e. The first kappa shape index (κ1) is 8.81. The van der Waals surface area contributed by atoms with Gasteiger partial charge in [-0.25, -0.2) is 4.79 Å². The van der Waals surface area contributed by atoms with Gasteiger partial charge in [0, 0.05) is 19.4 Å². The van der Waals surface area contributed by atoms with Crippen LogP contribution in [0.25, 0.3) is 5.69 Å². The lowest BCUT2D eigenvalue weighted by Gasteiger charge is -2.00. The highest BCUT2D eigenvalue weighted by atomic mass is 16.1. The summed E-state index contributed by atoms with van der Waals surface area (Å²) in [6, 6.07) is 7.87. The maximum atomic E-state index is 11.6. The molecule has 2 aromatic rings. The standard InChI is InChI=1S/C11H12N2O/c1-9-3-5-10(6-4-9)13-8-7-12(2)11(13)14/h3-8H,1-2H3. The molecule has 0 fully saturated rings. The molecular weight excluding hydrogens is 176 g/mol. The second-order valence-electron chi connectivity index (χ2n) is 3.40. The van der Waals surface area contributed by atoms with Gasteiger partial charge in [0.05, 0.1) is 5.69 Å². The fourth-order valence-corrected chi connectivity index (χ4v) is 1.37. The zero-order valence-corrected chi connectivity index (χ0v) is 8.27. The van der Waals surface area contributed by atoms with Crippen LogP contribution in [-0.4, -0.2) is 9.13 Å². The summed E-state index contributed by atoms with van der Waals surface area (Å²) in [5, 5.41) is 0. The van der Waals surface area contributed by atoms with Gasteiger partial charge in [0.1, 0.15) is 0 Å². The van der Waals surface area contributed by atoms with E-state index in [1.54, 1.807) is 28.6 Å². The van der Waals surface area contributed by atoms with E-state index >= 15 is 0 Å². The number of hydrogen-bond acceptors (Lipinski definition) is 1. The Morgan fingerprint density at radius 1 is 1.07 bits per heavy atom. The average molecular weight is 188 g/mol. The van der Waals surface area contributed by atoms with E-state index in [9.17, 15) is 4.79 Å². The van der Waals surface area contributed by atoms with Gasteiger partial charge in [-0.1, -0.05) is 17.7 Å². The molecule has 0 aliphatic rings. The van der Waals surface area contributed by atoms with E-state index in [2.05, 4.69) is 0 Å². The molecule has 3 heteroatoms. The molecule has 0 bridgehead atoms. The quantitative estimate of drug-likeness (QED) is 0.666. The maximum absolute atomic E-state index is 11.6. The molecule has 1 aromatic heterocycles. The van der Waals surface area contributed by atoms with Gasteiger partial charge in [-0.2, -0.15) is 0 Å². The topological polar surface area (TPSA) is 26.9 Å². The largest absolute Gasteiger partial charge is 0.332 e. The molecule has 3 nitrogen and oxygen atoms in total. The molecule has 0 unspecified atom stereocenters. The summed E-state index contributed by atoms with van der Waals surface area (Å²) in [6.45, 7) is 2.03. The molecular formula is C11H12N2O. The fraction of sp³-hybridized carbons (Fsp3) is 0.182. The van der Waals surface area contributed by atoms with E-state index in [1.807, 2.05) is 31.2 Å². The summed E-state index contributed by atoms with van der Waals surface area (Å²) in [4.78, 5) is 11.6. The molecule has 72 valence electrons. The SMILES string of the molecule is Cc1ccc(-n2ccn(C)c2=O)cc1. The van der Waals surface area contributed by atoms with Crippen LogP contribution in [0, 0.1) is 6.92 Å². The van der Waals surface area contributed by atoms with Gasteiger partial charge in [0.15, 0.2) is 0 Å². The highest BCUT2D eigenvalue weighted by Gasteiger charge is 2.00. The van der Waals surface area contributed by atoms with Gasteiger partial charge in [0.2, 0.25) is 0 Å². The summed E-state index contributed by atoms with van der Waals surface area (Å²) in [7, 11) is 1.74. The predicted molar refractivity (Wildman–Crippen MR) is 55.7 cm³/mol. The van der Waals surface area contributed by atoms with E-state index in [4.69, 9.17) is 0 Å². The molecule has 14 heavy (non-hydrogen) atoms. The monoisotopic (exact) mass is 188 g/mol. The number of nitrogens with zero attached hydrogens (tertiary/aromatic N) is 2. The Morgan fingerprint density at radius 2 is 1.71 bits per heavy atom. The average Bonchev–Trinajstić information content (AvgIpc) is 2.50. The Hall–Kier alpha value is -1.77. The van der Waals surface area contributed by atoms with Crippen molar-refractivity contribution < 1.29 is 0 Å². The summed E-state index contributed by atoms with van der Waals surface area (Å²) in [5.74, 6) is 0. The molecule has 0 saturated carbocycles. The molecule has 0 amide bonds. The molecule has 0 saturated heterocycles. The highest BCUT2D eigenvalue weighted by Crippen LogP contribution is 2.06. The highest BCUT2D eigenvalue weighted by molar-refractivity contribution is 5.34. The van der Waals surface area contributed by atoms with Crippen molar-refractivity contribution in [3.8, 4) is 5.69 Å². The number of hydrogen-bond donors (Lipinski definition) is 0. The second kappa shape index (κ2) is 3.18. The molecule has 0 spiro atoms. The van der Waals surface area contributed by atoms with Crippen molar-refractivity contribution in [1.82, 2.24) is 9.13 Å². The van der Waals surface area contributed by atoms with E-state index < -0.39 is 0 Å². The van der Waals surface area contributed by atoms with Gasteiger partial charge in [-0.3, -0.25) is 4.57 Å². The predicted octanol–water partition coefficient (Wildman–Crippen LogP) is 1.48. The lowest BCUT2D eigenvalue weighted by Crippen LogP contribution is -2.20. The van der Waals surface area contributed by atoms with E-state index in [0.717, 1.165) is 5.69 Å². The Morgan fingerprint density at radius 3 is 2.21 bits per heavy atom. The number of rotatable bonds is 1. The Bertz CT molecular complexity index is 491. The third kappa shape index (κ3) is 1.37. The minimum absolute atomic E-state index is 0.0196. The molecule has 0 aliphatic heterocycles. The van der Waals surface area contributed by atoms with Gasteiger partial charge in [-0.05, 0) is 19.1 Å². The summed E-state index contributed by atoms with van der Waals surface area (Å²) >= 11 is 0. The first-order valence-corrected chi connectivity index (χ1v) is 4.49. The summed E-state index contributed by atoms with van der Waals surface area (Å²) in [5.41, 5.74) is 2.08. The smallest absolute Gasteiger partial charge is 0.302 e. The van der Waals surface area contributed by atoms with Crippen molar-refractivity contribution in [2.45, 2.75) is 6.92 Å². The van der Waals surface area contributed by atoms with Crippen LogP contribution >= 0.6 is 0 Å². The summed E-state index contributed by atoms with van der Waals surface area (Å²) in [6.07, 6.45) is 3.52. The van der Waals surface area contributed by atoms with Crippen LogP contribution in [0.15, 0.2) is 41.5 Å². The van der Waals surface area contributed by atoms with Crippen LogP contribution in [0.5, 0.6) is 0 Å². The third-order valence-corrected chi connectivity index (χ3v) is 2.26. The van der Waals surface area contributed by atoms with E-state index in [1.165, 1.54) is 5.56 Å². The van der Waals surface area contributed by atoms with Crippen LogP contribution < -0.4 is 5.69 Å². The first-order chi connectivity index (χ1) is 6.68. The van der Waals surface area contributed by atoms with E-state index in [0.29, 0.717) is 0 Å². The zero-order valence-electron chi connectivity index (χ0n) is 8.27. The third-order valence-electron chi connectivity index (χ3n) is 2.26. The minimum atomic E-state index is -0.0196. The van der Waals surface area contributed by atoms with Crippen molar-refractivity contribution in [3.05, 3.63) is 52.7 Å².